The number of benzene rings is 1. The van der Waals surface area contributed by atoms with Crippen LogP contribution < -0.4 is 15.6 Å². The number of thioether (sulfide) groups is 1. The standard InChI is InChI=1S/C16H14ClF3N8O2S/c1-28-11(16(18,19)20)25-27-15(28)31-8-10(29)24-26-13-21-12(17)22-14(23-13)30-7-9-5-3-2-4-6-9/h2-6H,7-8H2,1H3,(H,24,29)(H,21,22,23,26). The summed E-state index contributed by atoms with van der Waals surface area (Å²) in [6, 6.07) is 9.22. The maximum absolute atomic E-state index is 12.7. The van der Waals surface area contributed by atoms with Crippen LogP contribution in [-0.2, 0) is 24.6 Å². The van der Waals surface area contributed by atoms with Crippen LogP contribution in [0.4, 0.5) is 19.1 Å². The second-order valence-electron chi connectivity index (χ2n) is 5.81. The summed E-state index contributed by atoms with van der Waals surface area (Å²) in [6.07, 6.45) is -4.64. The number of nitrogens with one attached hydrogen (secondary N) is 2. The van der Waals surface area contributed by atoms with Gasteiger partial charge in [-0.3, -0.25) is 15.6 Å². The van der Waals surface area contributed by atoms with Crippen LogP contribution in [0.5, 0.6) is 6.01 Å². The molecule has 0 fully saturated rings. The molecule has 2 N–H and O–H groups in total. The van der Waals surface area contributed by atoms with Gasteiger partial charge in [0.1, 0.15) is 6.61 Å². The highest BCUT2D eigenvalue weighted by molar-refractivity contribution is 7.99. The molecule has 10 nitrogen and oxygen atoms in total. The number of halogens is 4. The summed E-state index contributed by atoms with van der Waals surface area (Å²) in [5, 5.41) is 6.28. The molecule has 1 aromatic carbocycles. The number of amides is 1. The molecule has 2 aromatic heterocycles. The van der Waals surface area contributed by atoms with E-state index < -0.39 is 17.9 Å². The zero-order valence-electron chi connectivity index (χ0n) is 15.7. The van der Waals surface area contributed by atoms with Gasteiger partial charge in [-0.05, 0) is 17.2 Å². The molecule has 2 heterocycles. The van der Waals surface area contributed by atoms with Crippen molar-refractivity contribution >= 4 is 35.2 Å². The monoisotopic (exact) mass is 474 g/mol. The molecule has 15 heteroatoms. The zero-order valence-corrected chi connectivity index (χ0v) is 17.3. The molecule has 3 aromatic rings. The van der Waals surface area contributed by atoms with Gasteiger partial charge in [-0.1, -0.05) is 42.1 Å². The quantitative estimate of drug-likeness (QED) is 0.374. The van der Waals surface area contributed by atoms with Gasteiger partial charge in [-0.25, -0.2) is 0 Å². The molecule has 0 saturated carbocycles. The van der Waals surface area contributed by atoms with Gasteiger partial charge in [0.2, 0.25) is 23.0 Å². The zero-order chi connectivity index (χ0) is 22.4. The SMILES string of the molecule is Cn1c(SCC(=O)NNc2nc(Cl)nc(OCc3ccccc3)n2)nnc1C(F)(F)F. The Hall–Kier alpha value is -3.13. The summed E-state index contributed by atoms with van der Waals surface area (Å²) in [5.74, 6) is -2.06. The Morgan fingerprint density at radius 3 is 2.61 bits per heavy atom. The summed E-state index contributed by atoms with van der Waals surface area (Å²) in [7, 11) is 1.16. The molecule has 1 amide bonds. The van der Waals surface area contributed by atoms with E-state index in [-0.39, 0.29) is 34.8 Å². The first-order valence-electron chi connectivity index (χ1n) is 8.45. The van der Waals surface area contributed by atoms with Crippen LogP contribution in [0.3, 0.4) is 0 Å². The average molecular weight is 475 g/mol. The van der Waals surface area contributed by atoms with Gasteiger partial charge in [-0.15, -0.1) is 10.2 Å². The van der Waals surface area contributed by atoms with Crippen molar-refractivity contribution in [2.45, 2.75) is 17.9 Å². The lowest BCUT2D eigenvalue weighted by Gasteiger charge is -2.09. The average Bonchev–Trinajstić information content (AvgIpc) is 3.10. The van der Waals surface area contributed by atoms with E-state index in [1.54, 1.807) is 0 Å². The molecule has 0 spiro atoms. The van der Waals surface area contributed by atoms with Gasteiger partial charge >= 0.3 is 12.2 Å². The van der Waals surface area contributed by atoms with E-state index in [1.165, 1.54) is 0 Å². The minimum Gasteiger partial charge on any atom is -0.458 e. The normalized spacial score (nSPS) is 11.3. The van der Waals surface area contributed by atoms with Crippen molar-refractivity contribution in [1.82, 2.24) is 35.1 Å². The smallest absolute Gasteiger partial charge is 0.451 e. The Bertz CT molecular complexity index is 1050. The number of ether oxygens (including phenoxy) is 1. The molecular formula is C16H14ClF3N8O2S. The van der Waals surface area contributed by atoms with Crippen molar-refractivity contribution in [1.29, 1.82) is 0 Å². The second kappa shape index (κ2) is 9.78. The van der Waals surface area contributed by atoms with Gasteiger partial charge in [0.15, 0.2) is 5.16 Å². The number of hydrogen-bond donors (Lipinski definition) is 2. The lowest BCUT2D eigenvalue weighted by molar-refractivity contribution is -0.147. The number of rotatable bonds is 8. The van der Waals surface area contributed by atoms with Crippen LogP contribution in [0.25, 0.3) is 0 Å². The number of hydrogen-bond acceptors (Lipinski definition) is 9. The summed E-state index contributed by atoms with van der Waals surface area (Å²) in [5.41, 5.74) is 5.62. The van der Waals surface area contributed by atoms with E-state index in [0.717, 1.165) is 28.9 Å². The summed E-state index contributed by atoms with van der Waals surface area (Å²) in [4.78, 5) is 23.6. The third-order valence-corrected chi connectivity index (χ3v) is 4.72. The predicted molar refractivity (Wildman–Crippen MR) is 104 cm³/mol. The highest BCUT2D eigenvalue weighted by Gasteiger charge is 2.37. The highest BCUT2D eigenvalue weighted by atomic mass is 35.5. The molecule has 0 atom stereocenters. The molecule has 0 saturated heterocycles. The first kappa shape index (κ1) is 22.6. The van der Waals surface area contributed by atoms with Crippen molar-refractivity contribution in [3.8, 4) is 6.01 Å². The van der Waals surface area contributed by atoms with E-state index in [0.29, 0.717) is 0 Å². The predicted octanol–water partition coefficient (Wildman–Crippen LogP) is 2.49. The maximum Gasteiger partial charge on any atom is 0.451 e. The number of hydrazine groups is 1. The lowest BCUT2D eigenvalue weighted by Crippen LogP contribution is -2.32. The molecule has 164 valence electrons. The molecule has 0 bridgehead atoms. The summed E-state index contributed by atoms with van der Waals surface area (Å²) in [6.45, 7) is 0.196. The van der Waals surface area contributed by atoms with E-state index in [4.69, 9.17) is 16.3 Å². The Kier molecular flexibility index (Phi) is 7.12. The van der Waals surface area contributed by atoms with Gasteiger partial charge in [0.25, 0.3) is 0 Å². The van der Waals surface area contributed by atoms with Crippen LogP contribution in [0, 0.1) is 0 Å². The fourth-order valence-corrected chi connectivity index (χ4v) is 3.02. The Morgan fingerprint density at radius 2 is 1.94 bits per heavy atom. The minimum absolute atomic E-state index is 0.0614. The number of carbonyl (C=O) groups excluding carboxylic acids is 1. The molecule has 0 radical (unpaired) electrons. The van der Waals surface area contributed by atoms with Crippen LogP contribution in [0.15, 0.2) is 35.5 Å². The van der Waals surface area contributed by atoms with Gasteiger partial charge < -0.3 is 9.30 Å². The molecule has 0 aliphatic heterocycles. The van der Waals surface area contributed by atoms with E-state index in [9.17, 15) is 18.0 Å². The highest BCUT2D eigenvalue weighted by Crippen LogP contribution is 2.29. The first-order chi connectivity index (χ1) is 14.7. The Balaban J connectivity index is 1.52. The van der Waals surface area contributed by atoms with Crippen molar-refractivity contribution in [2.75, 3.05) is 11.2 Å². The first-order valence-corrected chi connectivity index (χ1v) is 9.81. The minimum atomic E-state index is -4.64. The van der Waals surface area contributed by atoms with Gasteiger partial charge in [0.05, 0.1) is 5.75 Å². The van der Waals surface area contributed by atoms with Crippen molar-refractivity contribution < 1.29 is 22.7 Å². The lowest BCUT2D eigenvalue weighted by atomic mass is 10.2. The number of alkyl halides is 3. The van der Waals surface area contributed by atoms with Crippen molar-refractivity contribution in [3.63, 3.8) is 0 Å². The third-order valence-electron chi connectivity index (χ3n) is 3.53. The number of nitrogens with zero attached hydrogens (tertiary/aromatic N) is 6. The molecule has 31 heavy (non-hydrogen) atoms. The van der Waals surface area contributed by atoms with E-state index in [2.05, 4.69) is 36.0 Å². The van der Waals surface area contributed by atoms with Crippen molar-refractivity contribution in [3.05, 3.63) is 47.0 Å². The number of carbonyl (C=O) groups is 1. The topological polar surface area (TPSA) is 120 Å². The molecular weight excluding hydrogens is 461 g/mol. The van der Waals surface area contributed by atoms with E-state index in [1.807, 2.05) is 30.3 Å². The Labute approximate surface area is 182 Å². The molecule has 3 rings (SSSR count). The van der Waals surface area contributed by atoms with E-state index >= 15 is 0 Å². The van der Waals surface area contributed by atoms with Crippen LogP contribution in [-0.4, -0.2) is 41.4 Å². The fourth-order valence-electron chi connectivity index (χ4n) is 2.15. The second-order valence-corrected chi connectivity index (χ2v) is 7.09. The van der Waals surface area contributed by atoms with Crippen LogP contribution in [0.2, 0.25) is 5.28 Å². The summed E-state index contributed by atoms with van der Waals surface area (Å²) < 4.78 is 44.4. The largest absolute Gasteiger partial charge is 0.458 e. The van der Waals surface area contributed by atoms with Gasteiger partial charge in [0, 0.05) is 7.05 Å². The van der Waals surface area contributed by atoms with Crippen LogP contribution >= 0.6 is 23.4 Å². The molecule has 0 aliphatic rings. The van der Waals surface area contributed by atoms with Gasteiger partial charge in [-0.2, -0.15) is 28.1 Å². The summed E-state index contributed by atoms with van der Waals surface area (Å²) >= 11 is 6.61. The maximum atomic E-state index is 12.7. The number of aromatic nitrogens is 6. The van der Waals surface area contributed by atoms with Crippen molar-refractivity contribution in [2.24, 2.45) is 7.05 Å². The molecule has 0 unspecified atom stereocenters. The third kappa shape index (κ3) is 6.42. The molecule has 0 aliphatic carbocycles. The fraction of sp³-hybridized carbons (Fsp3) is 0.250. The Morgan fingerprint density at radius 1 is 1.19 bits per heavy atom. The number of anilines is 1. The van der Waals surface area contributed by atoms with Crippen LogP contribution in [0.1, 0.15) is 11.4 Å².